The van der Waals surface area contributed by atoms with E-state index >= 15 is 0 Å². The molecule has 1 aromatic carbocycles. The van der Waals surface area contributed by atoms with Gasteiger partial charge in [0.25, 0.3) is 5.56 Å². The maximum absolute atomic E-state index is 12.1. The molecule has 3 aromatic heterocycles. The number of fused-ring (bicyclic) bond motifs is 1. The predicted molar refractivity (Wildman–Crippen MR) is 101 cm³/mol. The van der Waals surface area contributed by atoms with Crippen LogP contribution in [0.15, 0.2) is 59.8 Å². The Morgan fingerprint density at radius 2 is 1.92 bits per heavy atom. The fraction of sp³-hybridized carbons (Fsp3) is 0.0526. The Labute approximate surface area is 148 Å². The summed E-state index contributed by atoms with van der Waals surface area (Å²) in [5.74, 6) is 0.613. The zero-order valence-electron chi connectivity index (χ0n) is 13.8. The molecule has 26 heavy (non-hydrogen) atoms. The molecular formula is C19H16N6O. The molecule has 0 atom stereocenters. The van der Waals surface area contributed by atoms with Crippen LogP contribution in [0.25, 0.3) is 23.3 Å². The van der Waals surface area contributed by atoms with Crippen LogP contribution in [0.1, 0.15) is 17.1 Å². The topological polar surface area (TPSA) is 102 Å². The minimum absolute atomic E-state index is 0.204. The highest BCUT2D eigenvalue weighted by molar-refractivity contribution is 5.83. The molecule has 7 nitrogen and oxygen atoms in total. The summed E-state index contributed by atoms with van der Waals surface area (Å²) in [6.45, 7) is 0.280. The maximum atomic E-state index is 12.1. The number of H-pyrrole nitrogens is 1. The minimum atomic E-state index is -0.247. The van der Waals surface area contributed by atoms with Crippen LogP contribution in [0.5, 0.6) is 0 Å². The van der Waals surface area contributed by atoms with Gasteiger partial charge in [-0.2, -0.15) is 0 Å². The lowest BCUT2D eigenvalue weighted by Crippen LogP contribution is -2.22. The Hall–Kier alpha value is -3.74. The van der Waals surface area contributed by atoms with Crippen molar-refractivity contribution in [2.24, 2.45) is 0 Å². The SMILES string of the molecule is Nc1cccn(Cc2nc3ncnc(/C=C/c4ccccc4)c3[nH]2)c1=O. The molecule has 0 spiro atoms. The summed E-state index contributed by atoms with van der Waals surface area (Å²) in [6, 6.07) is 13.3. The number of pyridine rings is 1. The van der Waals surface area contributed by atoms with Gasteiger partial charge in [0.1, 0.15) is 17.7 Å². The van der Waals surface area contributed by atoms with Crippen molar-refractivity contribution < 1.29 is 0 Å². The molecule has 4 rings (SSSR count). The molecule has 3 heterocycles. The lowest BCUT2D eigenvalue weighted by Gasteiger charge is -2.03. The highest BCUT2D eigenvalue weighted by Gasteiger charge is 2.09. The first-order valence-electron chi connectivity index (χ1n) is 8.08. The molecule has 128 valence electrons. The van der Waals surface area contributed by atoms with E-state index in [2.05, 4.69) is 19.9 Å². The average molecular weight is 344 g/mol. The van der Waals surface area contributed by atoms with E-state index in [1.165, 1.54) is 10.9 Å². The lowest BCUT2D eigenvalue weighted by atomic mass is 10.2. The van der Waals surface area contributed by atoms with E-state index in [1.54, 1.807) is 18.3 Å². The van der Waals surface area contributed by atoms with Gasteiger partial charge in [-0.3, -0.25) is 4.79 Å². The number of imidazole rings is 1. The summed E-state index contributed by atoms with van der Waals surface area (Å²) >= 11 is 0. The first kappa shape index (κ1) is 15.8. The number of rotatable bonds is 4. The summed E-state index contributed by atoms with van der Waals surface area (Å²) in [4.78, 5) is 28.2. The van der Waals surface area contributed by atoms with Crippen LogP contribution in [0.2, 0.25) is 0 Å². The van der Waals surface area contributed by atoms with Gasteiger partial charge >= 0.3 is 0 Å². The Morgan fingerprint density at radius 3 is 2.77 bits per heavy atom. The third kappa shape index (κ3) is 3.10. The number of anilines is 1. The molecule has 0 saturated heterocycles. The van der Waals surface area contributed by atoms with E-state index in [-0.39, 0.29) is 17.8 Å². The molecule has 0 saturated carbocycles. The number of hydrogen-bond acceptors (Lipinski definition) is 5. The number of hydrogen-bond donors (Lipinski definition) is 2. The smallest absolute Gasteiger partial charge is 0.274 e. The standard InChI is InChI=1S/C19H16N6O/c20-14-7-4-10-25(19(14)26)11-16-23-17-15(21-12-22-18(17)24-16)9-8-13-5-2-1-3-6-13/h1-10,12H,11,20H2,(H,21,22,23,24)/b9-8+. The van der Waals surface area contributed by atoms with E-state index in [0.29, 0.717) is 11.5 Å². The quantitative estimate of drug-likeness (QED) is 0.591. The first-order valence-corrected chi connectivity index (χ1v) is 8.08. The monoisotopic (exact) mass is 344 g/mol. The van der Waals surface area contributed by atoms with Crippen molar-refractivity contribution in [2.45, 2.75) is 6.54 Å². The zero-order valence-corrected chi connectivity index (χ0v) is 13.8. The van der Waals surface area contributed by atoms with Crippen molar-refractivity contribution in [3.63, 3.8) is 0 Å². The summed E-state index contributed by atoms with van der Waals surface area (Å²) < 4.78 is 1.50. The fourth-order valence-electron chi connectivity index (χ4n) is 2.68. The van der Waals surface area contributed by atoms with Gasteiger partial charge in [0.2, 0.25) is 0 Å². The van der Waals surface area contributed by atoms with Crippen LogP contribution in [-0.4, -0.2) is 24.5 Å². The van der Waals surface area contributed by atoms with Crippen LogP contribution >= 0.6 is 0 Å². The summed E-state index contributed by atoms with van der Waals surface area (Å²) in [5, 5.41) is 0. The van der Waals surface area contributed by atoms with Crippen LogP contribution in [0, 0.1) is 0 Å². The highest BCUT2D eigenvalue weighted by Crippen LogP contribution is 2.15. The van der Waals surface area contributed by atoms with Gasteiger partial charge in [0.15, 0.2) is 5.65 Å². The predicted octanol–water partition coefficient (Wildman–Crippen LogP) is 2.32. The maximum Gasteiger partial charge on any atom is 0.274 e. The van der Waals surface area contributed by atoms with Gasteiger partial charge in [0, 0.05) is 6.20 Å². The molecule has 0 fully saturated rings. The molecule has 0 aliphatic heterocycles. The second kappa shape index (κ2) is 6.64. The number of nitrogen functional groups attached to an aromatic ring is 1. The molecule has 0 aliphatic carbocycles. The molecule has 0 amide bonds. The van der Waals surface area contributed by atoms with Gasteiger partial charge in [-0.15, -0.1) is 0 Å². The van der Waals surface area contributed by atoms with Crippen molar-refractivity contribution in [3.8, 4) is 0 Å². The number of aromatic nitrogens is 5. The second-order valence-corrected chi connectivity index (χ2v) is 5.78. The normalized spacial score (nSPS) is 11.4. The zero-order chi connectivity index (χ0) is 17.9. The largest absolute Gasteiger partial charge is 0.394 e. The lowest BCUT2D eigenvalue weighted by molar-refractivity contribution is 0.728. The van der Waals surface area contributed by atoms with Crippen molar-refractivity contribution in [1.29, 1.82) is 0 Å². The van der Waals surface area contributed by atoms with E-state index in [0.717, 1.165) is 16.8 Å². The molecule has 0 unspecified atom stereocenters. The molecule has 0 radical (unpaired) electrons. The van der Waals surface area contributed by atoms with Crippen LogP contribution in [-0.2, 0) is 6.54 Å². The third-order valence-electron chi connectivity index (χ3n) is 3.97. The number of nitrogens with zero attached hydrogens (tertiary/aromatic N) is 4. The fourth-order valence-corrected chi connectivity index (χ4v) is 2.68. The van der Waals surface area contributed by atoms with Crippen molar-refractivity contribution >= 4 is 29.0 Å². The minimum Gasteiger partial charge on any atom is -0.394 e. The summed E-state index contributed by atoms with van der Waals surface area (Å²) in [5.41, 5.74) is 8.72. The van der Waals surface area contributed by atoms with Gasteiger partial charge in [-0.25, -0.2) is 15.0 Å². The molecular weight excluding hydrogens is 328 g/mol. The van der Waals surface area contributed by atoms with Gasteiger partial charge in [-0.05, 0) is 23.8 Å². The Bertz CT molecular complexity index is 1140. The molecule has 7 heteroatoms. The highest BCUT2D eigenvalue weighted by atomic mass is 16.1. The van der Waals surface area contributed by atoms with E-state index in [9.17, 15) is 4.79 Å². The number of benzene rings is 1. The first-order chi connectivity index (χ1) is 12.7. The third-order valence-corrected chi connectivity index (χ3v) is 3.97. The average Bonchev–Trinajstić information content (AvgIpc) is 3.08. The molecule has 3 N–H and O–H groups in total. The summed E-state index contributed by atoms with van der Waals surface area (Å²) in [6.07, 6.45) is 7.04. The van der Waals surface area contributed by atoms with E-state index < -0.39 is 0 Å². The molecule has 4 aromatic rings. The Kier molecular flexibility index (Phi) is 4.03. The van der Waals surface area contributed by atoms with E-state index in [1.807, 2.05) is 42.5 Å². The second-order valence-electron chi connectivity index (χ2n) is 5.78. The molecule has 0 aliphatic rings. The van der Waals surface area contributed by atoms with E-state index in [4.69, 9.17) is 5.73 Å². The van der Waals surface area contributed by atoms with Crippen LogP contribution < -0.4 is 11.3 Å². The number of nitrogens with two attached hydrogens (primary N) is 1. The Morgan fingerprint density at radius 1 is 1.08 bits per heavy atom. The Balaban J connectivity index is 1.68. The van der Waals surface area contributed by atoms with Crippen molar-refractivity contribution in [3.05, 3.63) is 82.4 Å². The van der Waals surface area contributed by atoms with Gasteiger partial charge < -0.3 is 15.3 Å². The number of aromatic amines is 1. The summed E-state index contributed by atoms with van der Waals surface area (Å²) in [7, 11) is 0. The van der Waals surface area contributed by atoms with Crippen molar-refractivity contribution in [2.75, 3.05) is 5.73 Å². The van der Waals surface area contributed by atoms with Gasteiger partial charge in [0.05, 0.1) is 17.9 Å². The van der Waals surface area contributed by atoms with Crippen LogP contribution in [0.3, 0.4) is 0 Å². The number of nitrogens with one attached hydrogen (secondary N) is 1. The van der Waals surface area contributed by atoms with Crippen molar-refractivity contribution in [1.82, 2.24) is 24.5 Å². The van der Waals surface area contributed by atoms with Gasteiger partial charge in [-0.1, -0.05) is 36.4 Å². The molecule has 0 bridgehead atoms. The van der Waals surface area contributed by atoms with Crippen LogP contribution in [0.4, 0.5) is 5.69 Å².